The standard InChI is InChI=1S/C17H13F2N3O2/c1-11-16(17(23)24-10-12-4-2-5-13(18)8-12)20-21-22(11)15-7-3-6-14(19)9-15/h2-9H,10H2,1H3. The first-order valence-electron chi connectivity index (χ1n) is 7.14. The summed E-state index contributed by atoms with van der Waals surface area (Å²) in [6.45, 7) is 1.55. The van der Waals surface area contributed by atoms with Crippen molar-refractivity contribution in [3.05, 3.63) is 77.1 Å². The Morgan fingerprint density at radius 3 is 2.54 bits per heavy atom. The molecule has 3 aromatic rings. The Hall–Kier alpha value is -3.09. The zero-order valence-electron chi connectivity index (χ0n) is 12.7. The molecule has 0 bridgehead atoms. The predicted molar refractivity (Wildman–Crippen MR) is 81.6 cm³/mol. The van der Waals surface area contributed by atoms with Gasteiger partial charge >= 0.3 is 5.97 Å². The number of hydrogen-bond donors (Lipinski definition) is 0. The van der Waals surface area contributed by atoms with Crippen molar-refractivity contribution in [2.45, 2.75) is 13.5 Å². The highest BCUT2D eigenvalue weighted by atomic mass is 19.1. The van der Waals surface area contributed by atoms with E-state index in [1.807, 2.05) is 0 Å². The summed E-state index contributed by atoms with van der Waals surface area (Å²) >= 11 is 0. The maximum absolute atomic E-state index is 13.3. The van der Waals surface area contributed by atoms with Crippen LogP contribution >= 0.6 is 0 Å². The van der Waals surface area contributed by atoms with Crippen LogP contribution < -0.4 is 0 Å². The zero-order chi connectivity index (χ0) is 17.1. The monoisotopic (exact) mass is 329 g/mol. The van der Waals surface area contributed by atoms with Crippen molar-refractivity contribution >= 4 is 5.97 Å². The molecule has 0 aliphatic carbocycles. The number of esters is 1. The molecule has 1 heterocycles. The Labute approximate surface area is 136 Å². The first-order valence-corrected chi connectivity index (χ1v) is 7.14. The van der Waals surface area contributed by atoms with Crippen LogP contribution in [0.15, 0.2) is 48.5 Å². The van der Waals surface area contributed by atoms with E-state index >= 15 is 0 Å². The van der Waals surface area contributed by atoms with E-state index in [0.29, 0.717) is 16.9 Å². The van der Waals surface area contributed by atoms with E-state index in [9.17, 15) is 13.6 Å². The Kier molecular flexibility index (Phi) is 4.33. The SMILES string of the molecule is Cc1c(C(=O)OCc2cccc(F)c2)nnn1-c1cccc(F)c1. The van der Waals surface area contributed by atoms with Gasteiger partial charge < -0.3 is 4.74 Å². The highest BCUT2D eigenvalue weighted by Gasteiger charge is 2.19. The molecule has 5 nitrogen and oxygen atoms in total. The van der Waals surface area contributed by atoms with Crippen LogP contribution in [0, 0.1) is 18.6 Å². The fourth-order valence-corrected chi connectivity index (χ4v) is 2.21. The van der Waals surface area contributed by atoms with Crippen LogP contribution in [0.3, 0.4) is 0 Å². The molecule has 0 fully saturated rings. The van der Waals surface area contributed by atoms with Crippen LogP contribution in [0.4, 0.5) is 8.78 Å². The van der Waals surface area contributed by atoms with Crippen LogP contribution in [0.1, 0.15) is 21.7 Å². The lowest BCUT2D eigenvalue weighted by molar-refractivity contribution is 0.0464. The van der Waals surface area contributed by atoms with E-state index in [4.69, 9.17) is 4.74 Å². The molecule has 0 saturated heterocycles. The smallest absolute Gasteiger partial charge is 0.361 e. The number of benzene rings is 2. The lowest BCUT2D eigenvalue weighted by atomic mass is 10.2. The fourth-order valence-electron chi connectivity index (χ4n) is 2.21. The van der Waals surface area contributed by atoms with Crippen molar-refractivity contribution in [2.24, 2.45) is 0 Å². The molecule has 3 rings (SSSR count). The average molecular weight is 329 g/mol. The average Bonchev–Trinajstić information content (AvgIpc) is 2.94. The first kappa shape index (κ1) is 15.8. The van der Waals surface area contributed by atoms with Crippen molar-refractivity contribution in [2.75, 3.05) is 0 Å². The van der Waals surface area contributed by atoms with Crippen LogP contribution in [0.2, 0.25) is 0 Å². The Balaban J connectivity index is 1.76. The van der Waals surface area contributed by atoms with E-state index < -0.39 is 17.6 Å². The van der Waals surface area contributed by atoms with E-state index in [-0.39, 0.29) is 12.3 Å². The quantitative estimate of drug-likeness (QED) is 0.690. The van der Waals surface area contributed by atoms with Crippen LogP contribution in [-0.4, -0.2) is 21.0 Å². The molecule has 122 valence electrons. The molecule has 0 saturated carbocycles. The molecule has 0 atom stereocenters. The molecule has 7 heteroatoms. The minimum atomic E-state index is -0.681. The molecule has 0 spiro atoms. The summed E-state index contributed by atoms with van der Waals surface area (Å²) in [7, 11) is 0. The number of nitrogens with zero attached hydrogens (tertiary/aromatic N) is 3. The number of hydrogen-bond acceptors (Lipinski definition) is 4. The predicted octanol–water partition coefficient (Wildman–Crippen LogP) is 3.21. The zero-order valence-corrected chi connectivity index (χ0v) is 12.7. The number of halogens is 2. The Bertz CT molecular complexity index is 893. The molecule has 0 aliphatic rings. The summed E-state index contributed by atoms with van der Waals surface area (Å²) in [5, 5.41) is 7.65. The Morgan fingerprint density at radius 2 is 1.83 bits per heavy atom. The van der Waals surface area contributed by atoms with Gasteiger partial charge in [-0.05, 0) is 42.8 Å². The summed E-state index contributed by atoms with van der Waals surface area (Å²) < 4.78 is 32.9. The topological polar surface area (TPSA) is 57.0 Å². The summed E-state index contributed by atoms with van der Waals surface area (Å²) in [5.74, 6) is -1.51. The highest BCUT2D eigenvalue weighted by Crippen LogP contribution is 2.15. The van der Waals surface area contributed by atoms with Crippen molar-refractivity contribution in [1.82, 2.24) is 15.0 Å². The fraction of sp³-hybridized carbons (Fsp3) is 0.118. The number of carbonyl (C=O) groups excluding carboxylic acids is 1. The van der Waals surface area contributed by atoms with Crippen molar-refractivity contribution in [3.8, 4) is 5.69 Å². The van der Waals surface area contributed by atoms with Crippen molar-refractivity contribution in [1.29, 1.82) is 0 Å². The summed E-state index contributed by atoms with van der Waals surface area (Å²) in [4.78, 5) is 12.1. The van der Waals surface area contributed by atoms with Gasteiger partial charge in [0.05, 0.1) is 11.4 Å². The minimum absolute atomic E-state index is 0.0238. The first-order chi connectivity index (χ1) is 11.5. The van der Waals surface area contributed by atoms with E-state index in [2.05, 4.69) is 10.3 Å². The summed E-state index contributed by atoms with van der Waals surface area (Å²) in [5.41, 5.74) is 1.42. The summed E-state index contributed by atoms with van der Waals surface area (Å²) in [6.07, 6.45) is 0. The van der Waals surface area contributed by atoms with Gasteiger partial charge in [-0.1, -0.05) is 23.4 Å². The second-order valence-corrected chi connectivity index (χ2v) is 5.12. The van der Waals surface area contributed by atoms with Crippen LogP contribution in [0.5, 0.6) is 0 Å². The second-order valence-electron chi connectivity index (χ2n) is 5.12. The third-order valence-electron chi connectivity index (χ3n) is 3.40. The van der Waals surface area contributed by atoms with E-state index in [1.165, 1.54) is 41.1 Å². The second kappa shape index (κ2) is 6.57. The lowest BCUT2D eigenvalue weighted by Gasteiger charge is -2.05. The normalized spacial score (nSPS) is 10.6. The number of ether oxygens (including phenoxy) is 1. The lowest BCUT2D eigenvalue weighted by Crippen LogP contribution is -2.08. The van der Waals surface area contributed by atoms with Gasteiger partial charge in [0.15, 0.2) is 5.69 Å². The number of carbonyl (C=O) groups is 1. The maximum Gasteiger partial charge on any atom is 0.361 e. The molecule has 0 aliphatic heterocycles. The molecular weight excluding hydrogens is 316 g/mol. The largest absolute Gasteiger partial charge is 0.456 e. The maximum atomic E-state index is 13.3. The third kappa shape index (κ3) is 3.29. The molecule has 0 N–H and O–H groups in total. The highest BCUT2D eigenvalue weighted by molar-refractivity contribution is 5.88. The molecule has 24 heavy (non-hydrogen) atoms. The number of rotatable bonds is 4. The third-order valence-corrected chi connectivity index (χ3v) is 3.40. The van der Waals surface area contributed by atoms with E-state index in [0.717, 1.165) is 0 Å². The number of aromatic nitrogens is 3. The summed E-state index contributed by atoms with van der Waals surface area (Å²) in [6, 6.07) is 11.5. The van der Waals surface area contributed by atoms with Gasteiger partial charge in [0.1, 0.15) is 18.2 Å². The van der Waals surface area contributed by atoms with E-state index in [1.54, 1.807) is 19.1 Å². The van der Waals surface area contributed by atoms with Gasteiger partial charge in [-0.3, -0.25) is 0 Å². The molecular formula is C17H13F2N3O2. The Morgan fingerprint density at radius 1 is 1.12 bits per heavy atom. The van der Waals surface area contributed by atoms with Crippen LogP contribution in [0.25, 0.3) is 5.69 Å². The van der Waals surface area contributed by atoms with Crippen LogP contribution in [-0.2, 0) is 11.3 Å². The van der Waals surface area contributed by atoms with Gasteiger partial charge in [-0.2, -0.15) is 0 Å². The molecule has 0 radical (unpaired) electrons. The van der Waals surface area contributed by atoms with Gasteiger partial charge in [0, 0.05) is 0 Å². The molecule has 0 unspecified atom stereocenters. The van der Waals surface area contributed by atoms with Crippen molar-refractivity contribution in [3.63, 3.8) is 0 Å². The van der Waals surface area contributed by atoms with Gasteiger partial charge in [-0.15, -0.1) is 5.10 Å². The van der Waals surface area contributed by atoms with Gasteiger partial charge in [-0.25, -0.2) is 18.3 Å². The molecule has 2 aromatic carbocycles. The van der Waals surface area contributed by atoms with Crippen molar-refractivity contribution < 1.29 is 18.3 Å². The van der Waals surface area contributed by atoms with Gasteiger partial charge in [0.2, 0.25) is 0 Å². The van der Waals surface area contributed by atoms with Gasteiger partial charge in [0.25, 0.3) is 0 Å². The molecule has 0 amide bonds. The molecule has 1 aromatic heterocycles. The minimum Gasteiger partial charge on any atom is -0.456 e.